The maximum atomic E-state index is 11.8. The third kappa shape index (κ3) is 0.899. The molecule has 3 aromatic heterocycles. The Morgan fingerprint density at radius 1 is 1.47 bits per heavy atom. The Labute approximate surface area is 83.6 Å². The van der Waals surface area contributed by atoms with Gasteiger partial charge in [-0.05, 0) is 12.1 Å². The average Bonchev–Trinajstić information content (AvgIpc) is 2.55. The third-order valence-electron chi connectivity index (χ3n) is 2.26. The maximum Gasteiger partial charge on any atom is 0.334 e. The number of nitrogens with zero attached hydrogens (tertiary/aromatic N) is 4. The second-order valence-electron chi connectivity index (χ2n) is 3.11. The quantitative estimate of drug-likeness (QED) is 0.418. The fourth-order valence-electron chi connectivity index (χ4n) is 1.62. The van der Waals surface area contributed by atoms with Crippen LogP contribution in [-0.4, -0.2) is 19.5 Å². The fourth-order valence-corrected chi connectivity index (χ4v) is 1.62. The summed E-state index contributed by atoms with van der Waals surface area (Å²) < 4.78 is 2.14. The van der Waals surface area contributed by atoms with Crippen molar-refractivity contribution in [2.24, 2.45) is 0 Å². The molecule has 0 atom stereocenters. The molecule has 74 valence electrons. The van der Waals surface area contributed by atoms with Crippen LogP contribution in [0.15, 0.2) is 30.9 Å². The number of hydrogen-bond acceptors (Lipinski definition) is 4. The molecule has 0 fully saturated rings. The van der Waals surface area contributed by atoms with Gasteiger partial charge >= 0.3 is 5.65 Å². The third-order valence-corrected chi connectivity index (χ3v) is 2.26. The Hall–Kier alpha value is -2.37. The zero-order chi connectivity index (χ0) is 10.4. The molecule has 0 aromatic carbocycles. The molecular formula is C9H6N4O2. The topological polar surface area (TPSA) is 77.4 Å². The van der Waals surface area contributed by atoms with E-state index in [4.69, 9.17) is 0 Å². The molecule has 0 aliphatic rings. The number of aromatic nitrogens is 4. The first-order valence-electron chi connectivity index (χ1n) is 4.30. The van der Waals surface area contributed by atoms with Crippen LogP contribution < -0.4 is 4.73 Å². The lowest BCUT2D eigenvalue weighted by atomic mass is 10.4. The van der Waals surface area contributed by atoms with Crippen LogP contribution >= 0.6 is 0 Å². The van der Waals surface area contributed by atoms with Crippen molar-refractivity contribution in [3.8, 4) is 5.75 Å². The minimum Gasteiger partial charge on any atom is -0.710 e. The molecule has 6 heteroatoms. The summed E-state index contributed by atoms with van der Waals surface area (Å²) in [6, 6.07) is 3.10. The first kappa shape index (κ1) is 7.98. The molecule has 3 aromatic rings. The standard InChI is InChI=1S/C9H6N4O2/c14-7-2-1-3-12-8-6(4-10-5-11-8)13(15)9(7)12/h1-5,14H. The van der Waals surface area contributed by atoms with Crippen molar-refractivity contribution in [3.63, 3.8) is 0 Å². The molecule has 0 amide bonds. The SMILES string of the molecule is [O-][n+]1c2cncnc2n2cccc(O)c21. The van der Waals surface area contributed by atoms with Gasteiger partial charge < -0.3 is 10.3 Å². The summed E-state index contributed by atoms with van der Waals surface area (Å²) in [5.41, 5.74) is 0.970. The van der Waals surface area contributed by atoms with Crippen LogP contribution in [0.4, 0.5) is 0 Å². The van der Waals surface area contributed by atoms with Crippen LogP contribution in [0.3, 0.4) is 0 Å². The lowest BCUT2D eigenvalue weighted by Gasteiger charge is -1.98. The molecule has 0 saturated carbocycles. The van der Waals surface area contributed by atoms with E-state index in [1.54, 1.807) is 12.3 Å². The molecule has 0 saturated heterocycles. The van der Waals surface area contributed by atoms with Crippen molar-refractivity contribution in [1.82, 2.24) is 14.4 Å². The summed E-state index contributed by atoms with van der Waals surface area (Å²) in [6.07, 6.45) is 4.44. The highest BCUT2D eigenvalue weighted by Gasteiger charge is 2.18. The number of fused-ring (bicyclic) bond motifs is 3. The van der Waals surface area contributed by atoms with Crippen LogP contribution in [0.25, 0.3) is 16.8 Å². The normalized spacial score (nSPS) is 11.2. The van der Waals surface area contributed by atoms with Crippen LogP contribution in [0.1, 0.15) is 0 Å². The monoisotopic (exact) mass is 202 g/mol. The Kier molecular flexibility index (Phi) is 1.37. The Balaban J connectivity index is 2.69. The maximum absolute atomic E-state index is 11.8. The zero-order valence-electron chi connectivity index (χ0n) is 7.53. The second-order valence-corrected chi connectivity index (χ2v) is 3.11. The van der Waals surface area contributed by atoms with Crippen LogP contribution in [0, 0.1) is 5.21 Å². The molecule has 0 aliphatic heterocycles. The number of imidazole rings is 1. The number of aromatic hydroxyl groups is 1. The minimum absolute atomic E-state index is 0.0782. The molecular weight excluding hydrogens is 196 g/mol. The van der Waals surface area contributed by atoms with Crippen LogP contribution in [0.5, 0.6) is 5.75 Å². The van der Waals surface area contributed by atoms with Crippen molar-refractivity contribution >= 4 is 16.8 Å². The van der Waals surface area contributed by atoms with Crippen LogP contribution in [0.2, 0.25) is 0 Å². The summed E-state index contributed by atoms with van der Waals surface area (Å²) in [6.45, 7) is 0. The number of rotatable bonds is 0. The van der Waals surface area contributed by atoms with Crippen molar-refractivity contribution in [3.05, 3.63) is 36.1 Å². The van der Waals surface area contributed by atoms with E-state index in [1.165, 1.54) is 23.0 Å². The lowest BCUT2D eigenvalue weighted by Crippen LogP contribution is -2.25. The van der Waals surface area contributed by atoms with E-state index >= 15 is 0 Å². The van der Waals surface area contributed by atoms with Gasteiger partial charge in [0.1, 0.15) is 6.33 Å². The number of hydrogen-bond donors (Lipinski definition) is 1. The lowest BCUT2D eigenvalue weighted by molar-refractivity contribution is -0.549. The largest absolute Gasteiger partial charge is 0.710 e. The van der Waals surface area contributed by atoms with Crippen molar-refractivity contribution in [2.45, 2.75) is 0 Å². The highest BCUT2D eigenvalue weighted by Crippen LogP contribution is 2.18. The smallest absolute Gasteiger partial charge is 0.334 e. The van der Waals surface area contributed by atoms with Gasteiger partial charge in [-0.1, -0.05) is 0 Å². The minimum atomic E-state index is -0.0782. The number of pyridine rings is 1. The highest BCUT2D eigenvalue weighted by atomic mass is 16.5. The van der Waals surface area contributed by atoms with Gasteiger partial charge in [-0.15, -0.1) is 0 Å². The van der Waals surface area contributed by atoms with Gasteiger partial charge in [-0.2, -0.15) is 9.38 Å². The molecule has 3 rings (SSSR count). The molecule has 0 unspecified atom stereocenters. The molecule has 6 nitrogen and oxygen atoms in total. The molecule has 0 radical (unpaired) electrons. The molecule has 15 heavy (non-hydrogen) atoms. The van der Waals surface area contributed by atoms with E-state index in [9.17, 15) is 10.3 Å². The van der Waals surface area contributed by atoms with E-state index in [-0.39, 0.29) is 11.4 Å². The predicted octanol–water partition coefficient (Wildman–Crippen LogP) is 0.222. The highest BCUT2D eigenvalue weighted by molar-refractivity contribution is 5.72. The molecule has 0 spiro atoms. The average molecular weight is 202 g/mol. The zero-order valence-corrected chi connectivity index (χ0v) is 7.53. The van der Waals surface area contributed by atoms with E-state index in [2.05, 4.69) is 9.97 Å². The first-order valence-corrected chi connectivity index (χ1v) is 4.30. The van der Waals surface area contributed by atoms with Crippen molar-refractivity contribution < 1.29 is 9.84 Å². The van der Waals surface area contributed by atoms with Crippen LogP contribution in [-0.2, 0) is 0 Å². The van der Waals surface area contributed by atoms with Gasteiger partial charge in [0.15, 0.2) is 0 Å². The molecule has 0 aliphatic carbocycles. The second kappa shape index (κ2) is 2.57. The van der Waals surface area contributed by atoms with Gasteiger partial charge in [-0.25, -0.2) is 9.71 Å². The Bertz CT molecular complexity index is 662. The van der Waals surface area contributed by atoms with E-state index in [0.717, 1.165) is 0 Å². The first-order chi connectivity index (χ1) is 7.29. The molecule has 0 bridgehead atoms. The van der Waals surface area contributed by atoms with E-state index in [0.29, 0.717) is 15.9 Å². The summed E-state index contributed by atoms with van der Waals surface area (Å²) in [5.74, 6) is -0.0782. The van der Waals surface area contributed by atoms with Gasteiger partial charge in [0, 0.05) is 0 Å². The fraction of sp³-hybridized carbons (Fsp3) is 0. The van der Waals surface area contributed by atoms with E-state index < -0.39 is 0 Å². The van der Waals surface area contributed by atoms with Gasteiger partial charge in [-0.3, -0.25) is 0 Å². The summed E-state index contributed by atoms with van der Waals surface area (Å²) >= 11 is 0. The van der Waals surface area contributed by atoms with Crippen molar-refractivity contribution in [2.75, 3.05) is 0 Å². The van der Waals surface area contributed by atoms with E-state index in [1.807, 2.05) is 0 Å². The summed E-state index contributed by atoms with van der Waals surface area (Å²) in [4.78, 5) is 7.76. The Morgan fingerprint density at radius 3 is 3.20 bits per heavy atom. The summed E-state index contributed by atoms with van der Waals surface area (Å²) in [7, 11) is 0. The summed E-state index contributed by atoms with van der Waals surface area (Å²) in [5, 5.41) is 21.3. The van der Waals surface area contributed by atoms with Gasteiger partial charge in [0.2, 0.25) is 11.3 Å². The van der Waals surface area contributed by atoms with Gasteiger partial charge in [0.25, 0.3) is 5.65 Å². The van der Waals surface area contributed by atoms with Crippen molar-refractivity contribution in [1.29, 1.82) is 0 Å². The molecule has 3 heterocycles. The molecule has 1 N–H and O–H groups in total. The van der Waals surface area contributed by atoms with Gasteiger partial charge in [0.05, 0.1) is 12.4 Å². The Morgan fingerprint density at radius 2 is 2.33 bits per heavy atom. The predicted molar refractivity (Wildman–Crippen MR) is 51.1 cm³/mol.